The van der Waals surface area contributed by atoms with Crippen molar-refractivity contribution in [2.75, 3.05) is 20.8 Å². The molecule has 5 unspecified atom stereocenters. The molecule has 0 aliphatic heterocycles. The normalized spacial score (nSPS) is 15.3. The molecule has 0 heterocycles. The van der Waals surface area contributed by atoms with Crippen molar-refractivity contribution in [3.05, 3.63) is 89.0 Å². The molecule has 0 aromatic heterocycles. The summed E-state index contributed by atoms with van der Waals surface area (Å²) < 4.78 is 24.0. The van der Waals surface area contributed by atoms with E-state index in [-0.39, 0.29) is 23.5 Å². The minimum atomic E-state index is -1.55. The Morgan fingerprint density at radius 3 is 2.21 bits per heavy atom. The molecule has 3 rings (SSSR count). The quantitative estimate of drug-likeness (QED) is 0.0870. The van der Waals surface area contributed by atoms with Crippen LogP contribution >= 0.6 is 0 Å². The predicted octanol–water partition coefficient (Wildman–Crippen LogP) is 8.17. The van der Waals surface area contributed by atoms with Gasteiger partial charge in [-0.05, 0) is 100 Å². The van der Waals surface area contributed by atoms with Crippen molar-refractivity contribution in [3.63, 3.8) is 0 Å². The van der Waals surface area contributed by atoms with Gasteiger partial charge in [0.1, 0.15) is 17.5 Å². The fraction of sp³-hybridized carbons (Fsp3) is 0.475. The van der Waals surface area contributed by atoms with Gasteiger partial charge in [0.05, 0.1) is 32.8 Å². The third-order valence-corrected chi connectivity index (χ3v) is 9.04. The number of hydrogen-bond acceptors (Lipinski definition) is 8. The SMILES string of the molecule is C/C=C/CCC(C)Oc1ccc(C(c2ccc(C)cc2O)C(CO)Oc2ccc(C(=O)C(C)(O)C(C)CCCC)cc2OC)cc1OC. The molecule has 8 nitrogen and oxygen atoms in total. The Hall–Kier alpha value is -4.01. The standard InChI is InChI=1S/C40H54O8/c1-9-11-13-15-28(5)47-33-20-17-29(23-35(33)45-7)38(31-19-16-26(3)22-32(31)42)37(25-41)48-34-21-18-30(24-36(34)46-8)39(43)40(6,44)27(4)14-12-10-2/h9,11,16-24,27-28,37-38,41-42,44H,10,12-15,25H2,1-8H3/b11-9+. The van der Waals surface area contributed by atoms with E-state index in [1.807, 2.05) is 64.1 Å². The largest absolute Gasteiger partial charge is 0.508 e. The van der Waals surface area contributed by atoms with Gasteiger partial charge < -0.3 is 34.3 Å². The molecule has 0 bridgehead atoms. The van der Waals surface area contributed by atoms with Crippen LogP contribution in [0.15, 0.2) is 66.7 Å². The number of aromatic hydroxyl groups is 1. The summed E-state index contributed by atoms with van der Waals surface area (Å²) in [7, 11) is 3.04. The van der Waals surface area contributed by atoms with Gasteiger partial charge in [-0.1, -0.05) is 57.0 Å². The number of benzene rings is 3. The van der Waals surface area contributed by atoms with Crippen molar-refractivity contribution in [3.8, 4) is 28.7 Å². The van der Waals surface area contributed by atoms with E-state index in [1.165, 1.54) is 7.11 Å². The molecule has 0 spiro atoms. The number of methoxy groups -OCH3 is 2. The Morgan fingerprint density at radius 1 is 0.917 bits per heavy atom. The van der Waals surface area contributed by atoms with Crippen LogP contribution < -0.4 is 18.9 Å². The second-order valence-electron chi connectivity index (χ2n) is 12.7. The van der Waals surface area contributed by atoms with Crippen molar-refractivity contribution in [1.82, 2.24) is 0 Å². The van der Waals surface area contributed by atoms with E-state index in [0.717, 1.165) is 43.2 Å². The van der Waals surface area contributed by atoms with Gasteiger partial charge in [0.15, 0.2) is 28.8 Å². The topological polar surface area (TPSA) is 115 Å². The summed E-state index contributed by atoms with van der Waals surface area (Å²) in [5, 5.41) is 33.1. The van der Waals surface area contributed by atoms with Crippen LogP contribution in [0.4, 0.5) is 0 Å². The van der Waals surface area contributed by atoms with E-state index in [0.29, 0.717) is 28.4 Å². The van der Waals surface area contributed by atoms with E-state index < -0.39 is 30.0 Å². The molecule has 3 aromatic carbocycles. The monoisotopic (exact) mass is 662 g/mol. The number of aliphatic hydroxyl groups is 2. The van der Waals surface area contributed by atoms with Gasteiger partial charge in [0.25, 0.3) is 0 Å². The van der Waals surface area contributed by atoms with Crippen LogP contribution in [0.3, 0.4) is 0 Å². The highest BCUT2D eigenvalue weighted by atomic mass is 16.5. The number of ether oxygens (including phenoxy) is 4. The Labute approximate surface area is 286 Å². The smallest absolute Gasteiger partial charge is 0.194 e. The molecule has 0 saturated carbocycles. The van der Waals surface area contributed by atoms with Gasteiger partial charge in [-0.3, -0.25) is 4.79 Å². The van der Waals surface area contributed by atoms with Gasteiger partial charge in [-0.25, -0.2) is 0 Å². The maximum atomic E-state index is 13.5. The summed E-state index contributed by atoms with van der Waals surface area (Å²) in [6, 6.07) is 15.7. The molecular weight excluding hydrogens is 608 g/mol. The zero-order valence-corrected chi connectivity index (χ0v) is 29.8. The summed E-state index contributed by atoms with van der Waals surface area (Å²) in [4.78, 5) is 13.5. The van der Waals surface area contributed by atoms with Crippen LogP contribution in [-0.4, -0.2) is 59.7 Å². The Bertz CT molecular complexity index is 1510. The number of hydrogen-bond donors (Lipinski definition) is 3. The Kier molecular flexibility index (Phi) is 14.4. The molecule has 0 saturated heterocycles. The van der Waals surface area contributed by atoms with E-state index in [4.69, 9.17) is 18.9 Å². The lowest BCUT2D eigenvalue weighted by Crippen LogP contribution is -2.41. The van der Waals surface area contributed by atoms with Gasteiger partial charge in [-0.2, -0.15) is 0 Å². The third kappa shape index (κ3) is 9.54. The molecule has 0 aliphatic carbocycles. The van der Waals surface area contributed by atoms with Gasteiger partial charge in [0, 0.05) is 11.1 Å². The molecule has 0 aliphatic rings. The van der Waals surface area contributed by atoms with Crippen LogP contribution in [0.1, 0.15) is 99.7 Å². The van der Waals surface area contributed by atoms with Crippen molar-refractivity contribution < 1.29 is 39.1 Å². The Morgan fingerprint density at radius 2 is 1.58 bits per heavy atom. The molecule has 3 N–H and O–H groups in total. The highest BCUT2D eigenvalue weighted by molar-refractivity contribution is 6.02. The third-order valence-electron chi connectivity index (χ3n) is 9.04. The molecule has 0 fully saturated rings. The first kappa shape index (κ1) is 38.4. The van der Waals surface area contributed by atoms with Crippen molar-refractivity contribution in [2.45, 2.75) is 97.4 Å². The number of carbonyl (C=O) groups is 1. The number of ketones is 1. The maximum absolute atomic E-state index is 13.5. The molecule has 48 heavy (non-hydrogen) atoms. The van der Waals surface area contributed by atoms with Gasteiger partial charge in [-0.15, -0.1) is 0 Å². The van der Waals surface area contributed by atoms with Crippen molar-refractivity contribution in [1.29, 1.82) is 0 Å². The predicted molar refractivity (Wildman–Crippen MR) is 190 cm³/mol. The van der Waals surface area contributed by atoms with Gasteiger partial charge >= 0.3 is 0 Å². The first-order valence-electron chi connectivity index (χ1n) is 16.9. The van der Waals surface area contributed by atoms with Crippen molar-refractivity contribution >= 4 is 5.78 Å². The number of unbranched alkanes of at least 4 members (excludes halogenated alkanes) is 1. The minimum absolute atomic E-state index is 0.0445. The fourth-order valence-electron chi connectivity index (χ4n) is 5.85. The summed E-state index contributed by atoms with van der Waals surface area (Å²) in [5.41, 5.74) is 0.899. The van der Waals surface area contributed by atoms with Crippen LogP contribution in [0, 0.1) is 12.8 Å². The molecule has 5 atom stereocenters. The zero-order chi connectivity index (χ0) is 35.4. The molecular formula is C40H54O8. The number of allylic oxidation sites excluding steroid dienone is 2. The number of phenols is 1. The van der Waals surface area contributed by atoms with Crippen LogP contribution in [0.25, 0.3) is 0 Å². The average Bonchev–Trinajstić information content (AvgIpc) is 3.07. The first-order valence-corrected chi connectivity index (χ1v) is 16.9. The highest BCUT2D eigenvalue weighted by Gasteiger charge is 2.37. The van der Waals surface area contributed by atoms with E-state index in [1.54, 1.807) is 38.3 Å². The number of carbonyl (C=O) groups excluding carboxylic acids is 1. The average molecular weight is 663 g/mol. The van der Waals surface area contributed by atoms with E-state index in [9.17, 15) is 20.1 Å². The van der Waals surface area contributed by atoms with Crippen LogP contribution in [0.5, 0.6) is 28.7 Å². The van der Waals surface area contributed by atoms with Crippen LogP contribution in [-0.2, 0) is 0 Å². The lowest BCUT2D eigenvalue weighted by molar-refractivity contribution is 0.0104. The van der Waals surface area contributed by atoms with E-state index >= 15 is 0 Å². The summed E-state index contributed by atoms with van der Waals surface area (Å²) in [6.07, 6.45) is 7.56. The van der Waals surface area contributed by atoms with Crippen LogP contribution in [0.2, 0.25) is 0 Å². The highest BCUT2D eigenvalue weighted by Crippen LogP contribution is 2.41. The summed E-state index contributed by atoms with van der Waals surface area (Å²) in [6.45, 7) is 11.0. The lowest BCUT2D eigenvalue weighted by atomic mass is 9.81. The summed E-state index contributed by atoms with van der Waals surface area (Å²) >= 11 is 0. The second-order valence-corrected chi connectivity index (χ2v) is 12.7. The number of rotatable bonds is 19. The van der Waals surface area contributed by atoms with Crippen molar-refractivity contribution in [2.24, 2.45) is 5.92 Å². The molecule has 8 heteroatoms. The molecule has 3 aromatic rings. The first-order chi connectivity index (χ1) is 22.9. The van der Waals surface area contributed by atoms with E-state index in [2.05, 4.69) is 13.0 Å². The zero-order valence-electron chi connectivity index (χ0n) is 29.8. The second kappa shape index (κ2) is 17.9. The van der Waals surface area contributed by atoms with Gasteiger partial charge in [0.2, 0.25) is 0 Å². The minimum Gasteiger partial charge on any atom is -0.508 e. The summed E-state index contributed by atoms with van der Waals surface area (Å²) in [5.74, 6) is 0.458. The number of aryl methyl sites for hydroxylation is 1. The fourth-order valence-corrected chi connectivity index (χ4v) is 5.85. The maximum Gasteiger partial charge on any atom is 0.194 e. The molecule has 262 valence electrons. The molecule has 0 amide bonds. The lowest BCUT2D eigenvalue weighted by Gasteiger charge is -2.30. The number of phenolic OH excluding ortho intramolecular Hbond substituents is 1. The number of Topliss-reactive ketones (excluding diaryl/α,β-unsaturated/α-hetero) is 1. The molecule has 0 radical (unpaired) electrons. The number of aliphatic hydroxyl groups excluding tert-OH is 1. The Balaban J connectivity index is 2.02.